The Labute approximate surface area is 457 Å². The molecular formula is C53H65N7O13P2S2. The number of rotatable bonds is 26. The number of ether oxygens (including phenoxy) is 5. The Balaban J connectivity index is 1.27. The number of nitrogens with one attached hydrogen (secondary N) is 2. The Morgan fingerprint density at radius 3 is 1.75 bits per heavy atom. The van der Waals surface area contributed by atoms with Gasteiger partial charge in [-0.05, 0) is 94.3 Å². The standard InChI is InChI=1S/C53H65N7O13P2S2/c1-34(2)60(35(3)4)74(68-26-12-24-54)72-43-28-47(58-30-36(5)49(61)56-51(58)63)71-46(43)33-77-75(76,69-27-13-25-55)73-44-29-48(59-31-37(6)50(62)57-52(59)64)70-45(44)32-67-53(38-14-10-9-11-15-38,39-16-20-41(65-7)21-17-39)40-18-22-42(66-8)23-19-40/h9-11,14-23,30-31,34-35,43-48H,12-13,26-29,32-33H2,1-8H3,(H,56,61,63)(H,57,62,64)/t43-,44-,45+,46+,47+,48+,74?,75?/m0/s1. The molecule has 77 heavy (non-hydrogen) atoms. The van der Waals surface area contributed by atoms with Gasteiger partial charge >= 0.3 is 11.4 Å². The van der Waals surface area contributed by atoms with E-state index in [1.807, 2.05) is 107 Å². The second-order valence-corrected chi connectivity index (χ2v) is 26.5. The third-order valence-electron chi connectivity index (χ3n) is 12.9. The highest BCUT2D eigenvalue weighted by Gasteiger charge is 2.47. The van der Waals surface area contributed by atoms with Crippen molar-refractivity contribution >= 4 is 37.4 Å². The molecule has 0 amide bonds. The van der Waals surface area contributed by atoms with E-state index in [1.165, 1.54) is 21.5 Å². The average molecular weight is 1130 g/mol. The highest BCUT2D eigenvalue weighted by molar-refractivity contribution is 8.67. The van der Waals surface area contributed by atoms with Crippen LogP contribution in [-0.4, -0.2) is 100 Å². The minimum Gasteiger partial charge on any atom is -0.497 e. The number of aromatic amines is 2. The van der Waals surface area contributed by atoms with E-state index in [-0.39, 0.29) is 68.9 Å². The van der Waals surface area contributed by atoms with Crippen molar-refractivity contribution in [3.05, 3.63) is 161 Å². The van der Waals surface area contributed by atoms with Crippen molar-refractivity contribution in [2.75, 3.05) is 39.8 Å². The lowest BCUT2D eigenvalue weighted by molar-refractivity contribution is -0.0915. The molecule has 7 rings (SSSR count). The van der Waals surface area contributed by atoms with E-state index in [2.05, 4.69) is 26.8 Å². The zero-order chi connectivity index (χ0) is 55.4. The van der Waals surface area contributed by atoms with E-state index in [0.717, 1.165) is 28.1 Å². The summed E-state index contributed by atoms with van der Waals surface area (Å²) in [5, 5.41) is 19.1. The molecule has 2 aliphatic rings. The Morgan fingerprint density at radius 1 is 0.753 bits per heavy atom. The highest BCUT2D eigenvalue weighted by atomic mass is 32.9. The third-order valence-corrected chi connectivity index (χ3v) is 20.4. The van der Waals surface area contributed by atoms with Gasteiger partial charge in [-0.1, -0.05) is 66.0 Å². The number of nitriles is 2. The van der Waals surface area contributed by atoms with Crippen LogP contribution in [0.1, 0.15) is 93.7 Å². The summed E-state index contributed by atoms with van der Waals surface area (Å²) in [6.45, 7) is 11.1. The predicted molar refractivity (Wildman–Crippen MR) is 295 cm³/mol. The number of H-pyrrole nitrogens is 2. The summed E-state index contributed by atoms with van der Waals surface area (Å²) in [6, 6.07) is 29.0. The van der Waals surface area contributed by atoms with Crippen LogP contribution in [0, 0.1) is 36.5 Å². The molecule has 20 nitrogen and oxygen atoms in total. The summed E-state index contributed by atoms with van der Waals surface area (Å²) in [4.78, 5) is 56.7. The van der Waals surface area contributed by atoms with Crippen LogP contribution in [0.3, 0.4) is 0 Å². The molecule has 4 heterocycles. The van der Waals surface area contributed by atoms with Gasteiger partial charge in [-0.3, -0.25) is 28.7 Å². The van der Waals surface area contributed by atoms with Crippen molar-refractivity contribution in [2.24, 2.45) is 0 Å². The molecule has 3 aromatic carbocycles. The fourth-order valence-corrected chi connectivity index (χ4v) is 15.7. The van der Waals surface area contributed by atoms with Gasteiger partial charge in [0.15, 0.2) is 0 Å². The van der Waals surface area contributed by atoms with Gasteiger partial charge in [0.25, 0.3) is 19.6 Å². The quantitative estimate of drug-likeness (QED) is 0.0301. The minimum absolute atomic E-state index is 0.0131. The molecule has 0 spiro atoms. The summed E-state index contributed by atoms with van der Waals surface area (Å²) in [5.74, 6) is 1.36. The normalized spacial score (nSPS) is 20.7. The number of methoxy groups -OCH3 is 2. The first-order valence-electron chi connectivity index (χ1n) is 25.1. The van der Waals surface area contributed by atoms with Crippen molar-refractivity contribution in [1.29, 1.82) is 10.5 Å². The smallest absolute Gasteiger partial charge is 0.330 e. The van der Waals surface area contributed by atoms with Crippen LogP contribution in [0.15, 0.2) is 110 Å². The molecule has 2 unspecified atom stereocenters. The lowest BCUT2D eigenvalue weighted by atomic mass is 9.80. The van der Waals surface area contributed by atoms with E-state index in [0.29, 0.717) is 17.1 Å². The Morgan fingerprint density at radius 2 is 1.25 bits per heavy atom. The molecule has 412 valence electrons. The van der Waals surface area contributed by atoms with Gasteiger partial charge in [0.05, 0.1) is 77.3 Å². The fraction of sp³-hybridized carbons (Fsp3) is 0.472. The third kappa shape index (κ3) is 14.3. The van der Waals surface area contributed by atoms with Gasteiger partial charge in [-0.15, -0.1) is 0 Å². The monoisotopic (exact) mass is 1130 g/mol. The lowest BCUT2D eigenvalue weighted by Crippen LogP contribution is -2.38. The Kier molecular flexibility index (Phi) is 20.9. The molecule has 5 aromatic rings. The molecule has 2 N–H and O–H groups in total. The molecule has 0 bridgehead atoms. The SMILES string of the molecule is COc1ccc(C(OC[C@H]2O[C@@H](n3cc(C)c(=O)[nH]c3=O)C[C@@H]2OP(=S)(OCCC#N)SC[C@H]2O[C@@H](n3cc(C)c(=O)[nH]c3=O)C[C@@H]2OP(OCCC#N)N(C(C)C)C(C)C)(c2ccccc2)c2ccc(OC)cc2)cc1. The van der Waals surface area contributed by atoms with Crippen molar-refractivity contribution in [3.8, 4) is 23.6 Å². The summed E-state index contributed by atoms with van der Waals surface area (Å²) >= 11 is 7.57. The topological polar surface area (TPSA) is 244 Å². The molecule has 2 aromatic heterocycles. The summed E-state index contributed by atoms with van der Waals surface area (Å²) < 4.78 is 63.3. The molecule has 0 aliphatic carbocycles. The van der Waals surface area contributed by atoms with E-state index < -0.39 is 79.2 Å². The number of hydrogen-bond donors (Lipinski definition) is 2. The molecule has 2 aliphatic heterocycles. The van der Waals surface area contributed by atoms with Crippen LogP contribution < -0.4 is 32.0 Å². The largest absolute Gasteiger partial charge is 0.497 e. The molecule has 8 atom stereocenters. The summed E-state index contributed by atoms with van der Waals surface area (Å²) in [5.41, 5.74) is -4.41. The van der Waals surface area contributed by atoms with Gasteiger partial charge in [0.1, 0.15) is 35.7 Å². The number of benzene rings is 3. The van der Waals surface area contributed by atoms with E-state index >= 15 is 0 Å². The van der Waals surface area contributed by atoms with Crippen molar-refractivity contribution in [3.63, 3.8) is 0 Å². The number of hydrogen-bond acceptors (Lipinski definition) is 18. The Bertz CT molecular complexity index is 3090. The second-order valence-electron chi connectivity index (χ2n) is 18.8. The highest BCUT2D eigenvalue weighted by Crippen LogP contribution is 2.64. The summed E-state index contributed by atoms with van der Waals surface area (Å²) in [7, 11) is 1.39. The maximum absolute atomic E-state index is 13.5. The van der Waals surface area contributed by atoms with Crippen molar-refractivity contribution < 1.29 is 41.8 Å². The maximum atomic E-state index is 13.5. The molecule has 24 heteroatoms. The maximum Gasteiger partial charge on any atom is 0.330 e. The van der Waals surface area contributed by atoms with Gasteiger partial charge < -0.3 is 41.8 Å². The van der Waals surface area contributed by atoms with E-state index in [4.69, 9.17) is 53.6 Å². The predicted octanol–water partition coefficient (Wildman–Crippen LogP) is 8.24. The van der Waals surface area contributed by atoms with E-state index in [1.54, 1.807) is 28.1 Å². The molecule has 0 saturated carbocycles. The van der Waals surface area contributed by atoms with Crippen LogP contribution >= 0.6 is 25.6 Å². The van der Waals surface area contributed by atoms with Crippen LogP contribution in [0.2, 0.25) is 0 Å². The summed E-state index contributed by atoms with van der Waals surface area (Å²) in [6.07, 6.45) is -2.01. The molecule has 2 fully saturated rings. The lowest BCUT2D eigenvalue weighted by Gasteiger charge is -2.38. The second kappa shape index (κ2) is 27.0. The van der Waals surface area contributed by atoms with Crippen LogP contribution in [0.4, 0.5) is 0 Å². The van der Waals surface area contributed by atoms with Gasteiger partial charge in [0.2, 0.25) is 5.69 Å². The fourth-order valence-electron chi connectivity index (χ4n) is 9.19. The zero-order valence-corrected chi connectivity index (χ0v) is 47.6. The zero-order valence-electron chi connectivity index (χ0n) is 44.2. The molecular weight excluding hydrogens is 1070 g/mol. The van der Waals surface area contributed by atoms with Crippen LogP contribution in [0.25, 0.3) is 0 Å². The number of aryl methyl sites for hydroxylation is 2. The first-order valence-corrected chi connectivity index (χ1v) is 30.4. The molecule has 2 saturated heterocycles. The van der Waals surface area contributed by atoms with Crippen molar-refractivity contribution in [2.45, 2.75) is 122 Å². The number of aromatic nitrogens is 4. The minimum atomic E-state index is -3.57. The Hall–Kier alpha value is -5.29. The number of nitrogens with zero attached hydrogens (tertiary/aromatic N) is 5. The first-order chi connectivity index (χ1) is 36.9. The van der Waals surface area contributed by atoms with Crippen LogP contribution in [-0.2, 0) is 49.7 Å². The average Bonchev–Trinajstić information content (AvgIpc) is 4.03. The van der Waals surface area contributed by atoms with Crippen LogP contribution in [0.5, 0.6) is 11.5 Å². The van der Waals surface area contributed by atoms with Gasteiger partial charge in [-0.25, -0.2) is 14.3 Å². The van der Waals surface area contributed by atoms with Gasteiger partial charge in [0, 0.05) is 54.2 Å². The first kappa shape index (κ1) is 59.4. The molecule has 0 radical (unpaired) electrons. The van der Waals surface area contributed by atoms with Gasteiger partial charge in [-0.2, -0.15) is 10.5 Å². The van der Waals surface area contributed by atoms with E-state index in [9.17, 15) is 29.7 Å². The van der Waals surface area contributed by atoms with Crippen molar-refractivity contribution in [1.82, 2.24) is 23.8 Å².